The third kappa shape index (κ3) is 5.48. The van der Waals surface area contributed by atoms with E-state index in [0.29, 0.717) is 11.7 Å². The molecule has 0 fully saturated rings. The second-order valence-electron chi connectivity index (χ2n) is 15.6. The molecule has 0 spiro atoms. The van der Waals surface area contributed by atoms with Crippen LogP contribution in [0.25, 0.3) is 71.1 Å². The lowest BCUT2D eigenvalue weighted by Gasteiger charge is -2.32. The zero-order valence-electron chi connectivity index (χ0n) is 31.7. The van der Waals surface area contributed by atoms with Gasteiger partial charge in [-0.3, -0.25) is 9.98 Å². The molecule has 1 aliphatic heterocycles. The molecule has 4 heteroatoms. The Labute approximate surface area is 332 Å². The molecule has 2 heterocycles. The van der Waals surface area contributed by atoms with E-state index in [1.807, 2.05) is 24.4 Å². The third-order valence-corrected chi connectivity index (χ3v) is 11.9. The zero-order valence-corrected chi connectivity index (χ0v) is 31.7. The van der Waals surface area contributed by atoms with Crippen LogP contribution >= 0.6 is 0 Å². The van der Waals surface area contributed by atoms with Gasteiger partial charge in [0.1, 0.15) is 0 Å². The normalized spacial score (nSPS) is 15.5. The number of hydrogen-bond acceptors (Lipinski definition) is 3. The topological polar surface area (TPSA) is 51.7 Å². The first-order chi connectivity index (χ1) is 28.0. The van der Waals surface area contributed by atoms with E-state index >= 15 is 0 Å². The van der Waals surface area contributed by atoms with Crippen LogP contribution in [0.5, 0.6) is 0 Å². The van der Waals surface area contributed by atoms with Crippen LogP contribution in [0, 0.1) is 0 Å². The van der Waals surface area contributed by atoms with E-state index in [0.717, 1.165) is 33.5 Å². The van der Waals surface area contributed by atoms with Gasteiger partial charge in [-0.2, -0.15) is 0 Å². The van der Waals surface area contributed by atoms with Crippen LogP contribution in [-0.2, 0) is 5.41 Å². The van der Waals surface area contributed by atoms with Gasteiger partial charge in [0.05, 0.1) is 17.7 Å². The summed E-state index contributed by atoms with van der Waals surface area (Å²) in [6.07, 6.45) is 1.35. The van der Waals surface area contributed by atoms with Crippen molar-refractivity contribution in [3.05, 3.63) is 215 Å². The molecule has 1 atom stereocenters. The van der Waals surface area contributed by atoms with Gasteiger partial charge in [0.25, 0.3) is 0 Å². The summed E-state index contributed by atoms with van der Waals surface area (Å²) >= 11 is 0. The van der Waals surface area contributed by atoms with E-state index in [9.17, 15) is 0 Å². The highest BCUT2D eigenvalue weighted by Gasteiger charge is 2.35. The van der Waals surface area contributed by atoms with Crippen molar-refractivity contribution in [2.45, 2.75) is 25.4 Å². The maximum Gasteiger partial charge on any atom is 0.0822 e. The molecular formula is C53H37N4-. The molecule has 0 N–H and O–H groups in total. The maximum absolute atomic E-state index is 5.25. The summed E-state index contributed by atoms with van der Waals surface area (Å²) in [5, 5.41) is 12.6. The molecule has 4 nitrogen and oxygen atoms in total. The Balaban J connectivity index is 1.03. The van der Waals surface area contributed by atoms with Gasteiger partial charge in [0.15, 0.2) is 0 Å². The van der Waals surface area contributed by atoms with Crippen molar-refractivity contribution in [3.63, 3.8) is 0 Å². The van der Waals surface area contributed by atoms with Crippen LogP contribution in [0.2, 0.25) is 0 Å². The molecule has 0 amide bonds. The van der Waals surface area contributed by atoms with Gasteiger partial charge in [-0.25, -0.2) is 0 Å². The zero-order chi connectivity index (χ0) is 38.1. The van der Waals surface area contributed by atoms with Crippen LogP contribution in [0.3, 0.4) is 0 Å². The molecule has 1 unspecified atom stereocenters. The molecule has 0 radical (unpaired) electrons. The summed E-state index contributed by atoms with van der Waals surface area (Å²) in [6, 6.07) is 62.8. The van der Waals surface area contributed by atoms with Crippen LogP contribution in [0.1, 0.15) is 47.8 Å². The Morgan fingerprint density at radius 3 is 1.82 bits per heavy atom. The van der Waals surface area contributed by atoms with Crippen molar-refractivity contribution in [2.24, 2.45) is 9.98 Å². The van der Waals surface area contributed by atoms with Gasteiger partial charge in [-0.15, -0.1) is 0 Å². The number of fused-ring (bicyclic) bond motifs is 9. The molecule has 57 heavy (non-hydrogen) atoms. The standard InChI is InChI=1S/C53H37N4/c1-53(2)47-19-8-7-18-44(47)45-28-25-36(32-48(45)53)35-12-11-13-37(30-35)51-55-50(34-23-21-33(22-24-34)49-20-9-10-29-54-49)56-52(57-51)38-26-27-43-41-16-4-3-14-39(41)40-15-5-6-17-42(40)46(43)31-38/h3-32,50H,1-2H3/q-1. The summed E-state index contributed by atoms with van der Waals surface area (Å²) in [4.78, 5) is 15.0. The molecule has 2 aliphatic rings. The number of nitrogens with zero attached hydrogens (tertiary/aromatic N) is 4. The average molecular weight is 730 g/mol. The molecular weight excluding hydrogens is 693 g/mol. The first-order valence-electron chi connectivity index (χ1n) is 19.6. The van der Waals surface area contributed by atoms with E-state index in [1.165, 1.54) is 60.1 Å². The monoisotopic (exact) mass is 729 g/mol. The van der Waals surface area contributed by atoms with Crippen molar-refractivity contribution in [1.29, 1.82) is 0 Å². The predicted molar refractivity (Wildman–Crippen MR) is 237 cm³/mol. The molecule has 0 bridgehead atoms. The number of aliphatic imine (C=N–C) groups is 2. The van der Waals surface area contributed by atoms with Gasteiger partial charge in [0.2, 0.25) is 0 Å². The summed E-state index contributed by atoms with van der Waals surface area (Å²) in [6.45, 7) is 4.66. The molecule has 11 rings (SSSR count). The van der Waals surface area contributed by atoms with Crippen molar-refractivity contribution >= 4 is 44.0 Å². The van der Waals surface area contributed by atoms with Gasteiger partial charge in [-0.05, 0) is 113 Å². The second-order valence-corrected chi connectivity index (χ2v) is 15.6. The fourth-order valence-electron chi connectivity index (χ4n) is 8.97. The van der Waals surface area contributed by atoms with Crippen LogP contribution in [0.4, 0.5) is 0 Å². The van der Waals surface area contributed by atoms with E-state index in [2.05, 4.69) is 177 Å². The van der Waals surface area contributed by atoms with Gasteiger partial charge >= 0.3 is 0 Å². The Morgan fingerprint density at radius 2 is 1.07 bits per heavy atom. The lowest BCUT2D eigenvalue weighted by Crippen LogP contribution is -2.16. The van der Waals surface area contributed by atoms with Crippen LogP contribution in [-0.4, -0.2) is 16.7 Å². The van der Waals surface area contributed by atoms with E-state index in [-0.39, 0.29) is 5.41 Å². The van der Waals surface area contributed by atoms with Crippen molar-refractivity contribution < 1.29 is 0 Å². The van der Waals surface area contributed by atoms with Crippen molar-refractivity contribution in [2.75, 3.05) is 0 Å². The second kappa shape index (κ2) is 13.0. The molecule has 9 aromatic rings. The van der Waals surface area contributed by atoms with Gasteiger partial charge in [-0.1, -0.05) is 165 Å². The SMILES string of the molecule is CC1(C)c2ccccc2-c2ccc(-c3cccc(C4=NC(c5ccc(-c6ccccn6)cc5)[N-]C(c5ccc6c7ccccc7c7ccccc7c6c5)=N4)c3)cc21. The fraction of sp³-hybridized carbons (Fsp3) is 0.0755. The number of pyridine rings is 1. The molecule has 1 aromatic heterocycles. The van der Waals surface area contributed by atoms with Crippen molar-refractivity contribution in [1.82, 2.24) is 4.98 Å². The van der Waals surface area contributed by atoms with Gasteiger partial charge in [0, 0.05) is 17.2 Å². The lowest BCUT2D eigenvalue weighted by molar-refractivity contribution is 0.660. The fourth-order valence-corrected chi connectivity index (χ4v) is 8.97. The highest BCUT2D eigenvalue weighted by atomic mass is 15.2. The third-order valence-electron chi connectivity index (χ3n) is 11.9. The number of hydrogen-bond donors (Lipinski definition) is 0. The molecule has 8 aromatic carbocycles. The molecule has 1 aliphatic carbocycles. The minimum absolute atomic E-state index is 0.0789. The minimum atomic E-state index is -0.475. The molecule has 0 saturated heterocycles. The summed E-state index contributed by atoms with van der Waals surface area (Å²) < 4.78 is 0. The van der Waals surface area contributed by atoms with E-state index in [4.69, 9.17) is 15.3 Å². The average Bonchev–Trinajstić information content (AvgIpc) is 3.51. The lowest BCUT2D eigenvalue weighted by atomic mass is 9.81. The molecule has 0 saturated carbocycles. The highest BCUT2D eigenvalue weighted by molar-refractivity contribution is 6.27. The quantitative estimate of drug-likeness (QED) is 0.163. The summed E-state index contributed by atoms with van der Waals surface area (Å²) in [7, 11) is 0. The number of rotatable bonds is 5. The number of aromatic nitrogens is 1. The maximum atomic E-state index is 5.25. The largest absolute Gasteiger partial charge is 0.438 e. The summed E-state index contributed by atoms with van der Waals surface area (Å²) in [5.41, 5.74) is 12.5. The number of amidine groups is 2. The Kier molecular flexibility index (Phi) is 7.55. The Morgan fingerprint density at radius 1 is 0.456 bits per heavy atom. The number of benzene rings is 8. The van der Waals surface area contributed by atoms with Crippen LogP contribution < -0.4 is 0 Å². The van der Waals surface area contributed by atoms with Gasteiger partial charge < -0.3 is 10.3 Å². The molecule has 270 valence electrons. The predicted octanol–water partition coefficient (Wildman–Crippen LogP) is 13.5. The van der Waals surface area contributed by atoms with Crippen LogP contribution in [0.15, 0.2) is 192 Å². The Hall–Kier alpha value is -7.17. The highest BCUT2D eigenvalue weighted by Crippen LogP contribution is 2.49. The van der Waals surface area contributed by atoms with E-state index < -0.39 is 6.17 Å². The summed E-state index contributed by atoms with van der Waals surface area (Å²) in [5.74, 6) is 1.33. The minimum Gasteiger partial charge on any atom is -0.438 e. The van der Waals surface area contributed by atoms with Crippen molar-refractivity contribution in [3.8, 4) is 33.5 Å². The first kappa shape index (κ1) is 33.2. The van der Waals surface area contributed by atoms with E-state index in [1.54, 1.807) is 0 Å². The first-order valence-corrected chi connectivity index (χ1v) is 19.6. The Bertz CT molecular complexity index is 3090. The smallest absolute Gasteiger partial charge is 0.0822 e.